The first kappa shape index (κ1) is 9.02. The van der Waals surface area contributed by atoms with Crippen LogP contribution in [-0.2, 0) is 6.42 Å². The Labute approximate surface area is 82.5 Å². The molecule has 0 amide bonds. The first-order chi connectivity index (χ1) is 6.90. The van der Waals surface area contributed by atoms with Gasteiger partial charge in [-0.05, 0) is 29.3 Å². The van der Waals surface area contributed by atoms with Gasteiger partial charge in [-0.25, -0.2) is 0 Å². The van der Waals surface area contributed by atoms with Crippen LogP contribution in [0, 0.1) is 0 Å². The van der Waals surface area contributed by atoms with Gasteiger partial charge in [-0.1, -0.05) is 24.3 Å². The van der Waals surface area contributed by atoms with Crippen molar-refractivity contribution >= 4 is 6.21 Å². The molecule has 2 rings (SSSR count). The highest BCUT2D eigenvalue weighted by atomic mass is 15.4. The number of hydrogen-bond acceptors (Lipinski definition) is 4. The molecule has 72 valence electrons. The van der Waals surface area contributed by atoms with Crippen molar-refractivity contribution in [3.05, 3.63) is 35.4 Å². The Morgan fingerprint density at radius 2 is 2.00 bits per heavy atom. The highest BCUT2D eigenvalue weighted by Gasteiger charge is 2.10. The quantitative estimate of drug-likeness (QED) is 0.770. The van der Waals surface area contributed by atoms with E-state index in [9.17, 15) is 0 Å². The van der Waals surface area contributed by atoms with Crippen molar-refractivity contribution in [3.8, 4) is 0 Å². The van der Waals surface area contributed by atoms with Gasteiger partial charge in [0.05, 0.1) is 6.21 Å². The van der Waals surface area contributed by atoms with Crippen molar-refractivity contribution in [1.82, 2.24) is 0 Å². The van der Waals surface area contributed by atoms with Crippen molar-refractivity contribution in [2.75, 3.05) is 6.54 Å². The Morgan fingerprint density at radius 1 is 1.21 bits per heavy atom. The maximum Gasteiger partial charge on any atom is 0.135 e. The summed E-state index contributed by atoms with van der Waals surface area (Å²) in [4.78, 5) is 0. The fourth-order valence-corrected chi connectivity index (χ4v) is 1.41. The number of rotatable bonds is 3. The van der Waals surface area contributed by atoms with Crippen LogP contribution >= 0.6 is 0 Å². The van der Waals surface area contributed by atoms with Gasteiger partial charge in [0.1, 0.15) is 6.04 Å². The summed E-state index contributed by atoms with van der Waals surface area (Å²) in [5, 5.41) is 11.2. The van der Waals surface area contributed by atoms with Gasteiger partial charge in [0.2, 0.25) is 0 Å². The van der Waals surface area contributed by atoms with Crippen LogP contribution < -0.4 is 5.73 Å². The summed E-state index contributed by atoms with van der Waals surface area (Å²) in [7, 11) is 0. The highest BCUT2D eigenvalue weighted by Crippen LogP contribution is 2.19. The maximum absolute atomic E-state index is 5.47. The summed E-state index contributed by atoms with van der Waals surface area (Å²) in [6.07, 6.45) is 2.65. The predicted octanol–water partition coefficient (Wildman–Crippen LogP) is 1.68. The molecular formula is C10H12N4. The Bertz CT molecular complexity index is 341. The molecule has 0 aliphatic carbocycles. The van der Waals surface area contributed by atoms with E-state index in [1.165, 1.54) is 5.56 Å². The first-order valence-corrected chi connectivity index (χ1v) is 4.62. The lowest BCUT2D eigenvalue weighted by molar-refractivity contribution is 0.903. The van der Waals surface area contributed by atoms with E-state index in [1.54, 1.807) is 6.21 Å². The number of benzene rings is 1. The van der Waals surface area contributed by atoms with Crippen molar-refractivity contribution < 1.29 is 0 Å². The fraction of sp³-hybridized carbons (Fsp3) is 0.300. The minimum Gasteiger partial charge on any atom is -0.330 e. The van der Waals surface area contributed by atoms with Gasteiger partial charge in [-0.15, -0.1) is 5.10 Å². The largest absolute Gasteiger partial charge is 0.330 e. The Hall–Kier alpha value is -1.55. The average Bonchev–Trinajstić information content (AvgIpc) is 2.72. The third-order valence-corrected chi connectivity index (χ3v) is 2.19. The average molecular weight is 188 g/mol. The zero-order valence-corrected chi connectivity index (χ0v) is 7.80. The fourth-order valence-electron chi connectivity index (χ4n) is 1.41. The molecular weight excluding hydrogens is 176 g/mol. The second kappa shape index (κ2) is 4.11. The van der Waals surface area contributed by atoms with Crippen LogP contribution in [0.1, 0.15) is 17.2 Å². The monoisotopic (exact) mass is 188 g/mol. The van der Waals surface area contributed by atoms with E-state index >= 15 is 0 Å². The van der Waals surface area contributed by atoms with Gasteiger partial charge in [-0.2, -0.15) is 5.11 Å². The van der Waals surface area contributed by atoms with Gasteiger partial charge >= 0.3 is 0 Å². The summed E-state index contributed by atoms with van der Waals surface area (Å²) in [5.74, 6) is 0. The molecule has 0 aromatic heterocycles. The minimum absolute atomic E-state index is 0.00178. The minimum atomic E-state index is 0.00178. The molecule has 1 heterocycles. The lowest BCUT2D eigenvalue weighted by atomic mass is 10.0. The molecule has 1 aliphatic heterocycles. The molecule has 14 heavy (non-hydrogen) atoms. The predicted molar refractivity (Wildman–Crippen MR) is 55.3 cm³/mol. The molecule has 4 nitrogen and oxygen atoms in total. The van der Waals surface area contributed by atoms with Crippen molar-refractivity contribution in [1.29, 1.82) is 0 Å². The van der Waals surface area contributed by atoms with Gasteiger partial charge in [-0.3, -0.25) is 0 Å². The highest BCUT2D eigenvalue weighted by molar-refractivity contribution is 5.68. The number of hydrogen-bond donors (Lipinski definition) is 1. The molecule has 0 saturated carbocycles. The molecule has 0 spiro atoms. The van der Waals surface area contributed by atoms with Crippen LogP contribution in [0.15, 0.2) is 39.7 Å². The van der Waals surface area contributed by atoms with E-state index < -0.39 is 0 Å². The van der Waals surface area contributed by atoms with Gasteiger partial charge in [0.25, 0.3) is 0 Å². The van der Waals surface area contributed by atoms with Gasteiger partial charge in [0.15, 0.2) is 0 Å². The molecule has 2 N–H and O–H groups in total. The van der Waals surface area contributed by atoms with Crippen LogP contribution in [0.3, 0.4) is 0 Å². The Morgan fingerprint density at radius 3 is 2.57 bits per heavy atom. The number of nitrogens with two attached hydrogens (primary N) is 1. The maximum atomic E-state index is 5.47. The molecule has 1 aliphatic rings. The van der Waals surface area contributed by atoms with E-state index in [0.29, 0.717) is 6.54 Å². The summed E-state index contributed by atoms with van der Waals surface area (Å²) < 4.78 is 0. The third-order valence-electron chi connectivity index (χ3n) is 2.19. The lowest BCUT2D eigenvalue weighted by Crippen LogP contribution is -2.02. The molecule has 0 radical (unpaired) electrons. The SMILES string of the molecule is NCCc1ccc(C2C=NN=N2)cc1. The van der Waals surface area contributed by atoms with Crippen LogP contribution in [0.2, 0.25) is 0 Å². The van der Waals surface area contributed by atoms with Crippen LogP contribution in [0.5, 0.6) is 0 Å². The Kier molecular flexibility index (Phi) is 2.65. The zero-order chi connectivity index (χ0) is 9.80. The summed E-state index contributed by atoms with van der Waals surface area (Å²) in [5.41, 5.74) is 7.84. The lowest BCUT2D eigenvalue weighted by Gasteiger charge is -2.03. The smallest absolute Gasteiger partial charge is 0.135 e. The van der Waals surface area contributed by atoms with Crippen LogP contribution in [0.25, 0.3) is 0 Å². The molecule has 0 bridgehead atoms. The molecule has 0 fully saturated rings. The second-order valence-electron chi connectivity index (χ2n) is 3.19. The van der Waals surface area contributed by atoms with Gasteiger partial charge in [0, 0.05) is 0 Å². The molecule has 1 aromatic rings. The number of nitrogens with zero attached hydrogens (tertiary/aromatic N) is 3. The summed E-state index contributed by atoms with van der Waals surface area (Å²) >= 11 is 0. The molecule has 1 atom stereocenters. The summed E-state index contributed by atoms with van der Waals surface area (Å²) in [6, 6.07) is 8.24. The second-order valence-corrected chi connectivity index (χ2v) is 3.19. The first-order valence-electron chi connectivity index (χ1n) is 4.62. The molecule has 0 saturated heterocycles. The van der Waals surface area contributed by atoms with E-state index in [2.05, 4.69) is 27.6 Å². The molecule has 1 aromatic carbocycles. The van der Waals surface area contributed by atoms with Crippen molar-refractivity contribution in [3.63, 3.8) is 0 Å². The van der Waals surface area contributed by atoms with E-state index in [1.807, 2.05) is 12.1 Å². The normalized spacial score (nSPS) is 19.1. The van der Waals surface area contributed by atoms with Crippen molar-refractivity contribution in [2.24, 2.45) is 21.2 Å². The zero-order valence-electron chi connectivity index (χ0n) is 7.80. The van der Waals surface area contributed by atoms with Gasteiger partial charge < -0.3 is 5.73 Å². The Balaban J connectivity index is 2.13. The van der Waals surface area contributed by atoms with E-state index in [-0.39, 0.29) is 6.04 Å². The van der Waals surface area contributed by atoms with Crippen LogP contribution in [0.4, 0.5) is 0 Å². The van der Waals surface area contributed by atoms with E-state index in [0.717, 1.165) is 12.0 Å². The molecule has 4 heteroatoms. The van der Waals surface area contributed by atoms with Crippen LogP contribution in [-0.4, -0.2) is 12.8 Å². The third kappa shape index (κ3) is 1.85. The topological polar surface area (TPSA) is 63.1 Å². The standard InChI is InChI=1S/C10H12N4/c11-6-5-8-1-3-9(4-2-8)10-7-12-14-13-10/h1-4,7,10H,5-6,11H2. The summed E-state index contributed by atoms with van der Waals surface area (Å²) in [6.45, 7) is 0.684. The molecule has 1 unspecified atom stereocenters. The van der Waals surface area contributed by atoms with E-state index in [4.69, 9.17) is 5.73 Å². The van der Waals surface area contributed by atoms with Crippen molar-refractivity contribution in [2.45, 2.75) is 12.5 Å².